The lowest BCUT2D eigenvalue weighted by molar-refractivity contribution is -0.128. The van der Waals surface area contributed by atoms with Crippen LogP contribution in [0.15, 0.2) is 36.9 Å². The first-order valence-corrected chi connectivity index (χ1v) is 9.41. The van der Waals surface area contributed by atoms with E-state index < -0.39 is 5.41 Å². The predicted molar refractivity (Wildman–Crippen MR) is 101 cm³/mol. The number of hydrogen-bond donors (Lipinski definition) is 1. The number of carbonyl (C=O) groups excluding carboxylic acids is 2. The smallest absolute Gasteiger partial charge is 0.234 e. The number of hydrogen-bond acceptors (Lipinski definition) is 6. The van der Waals surface area contributed by atoms with Crippen LogP contribution in [0.3, 0.4) is 0 Å². The van der Waals surface area contributed by atoms with Crippen molar-refractivity contribution in [1.29, 1.82) is 0 Å². The van der Waals surface area contributed by atoms with Crippen LogP contribution in [0.2, 0.25) is 0 Å². The number of benzene rings is 1. The Morgan fingerprint density at radius 1 is 1.32 bits per heavy atom. The molecule has 1 N–H and O–H groups in total. The van der Waals surface area contributed by atoms with Gasteiger partial charge in [-0.25, -0.2) is 4.98 Å². The molecule has 2 aliphatic rings. The number of carbonyl (C=O) groups is 2. The highest BCUT2D eigenvalue weighted by atomic mass is 16.5. The summed E-state index contributed by atoms with van der Waals surface area (Å²) in [5, 5.41) is 2.45. The Bertz CT molecular complexity index is 867. The van der Waals surface area contributed by atoms with Crippen molar-refractivity contribution in [2.45, 2.75) is 25.9 Å². The number of likely N-dealkylation sites (tertiary alicyclic amines) is 1. The monoisotopic (exact) mass is 384 g/mol. The van der Waals surface area contributed by atoms with Crippen molar-refractivity contribution in [3.63, 3.8) is 0 Å². The van der Waals surface area contributed by atoms with E-state index in [2.05, 4.69) is 15.2 Å². The minimum atomic E-state index is -0.571. The van der Waals surface area contributed by atoms with E-state index in [0.29, 0.717) is 38.4 Å². The molecule has 0 saturated carbocycles. The SMILES string of the molecule is COc1cccc(CN2CCC3(CC(=O)NC3=O)C2)c1OCCn1ccnc1. The van der Waals surface area contributed by atoms with Gasteiger partial charge in [-0.15, -0.1) is 0 Å². The van der Waals surface area contributed by atoms with Crippen molar-refractivity contribution in [3.05, 3.63) is 42.5 Å². The summed E-state index contributed by atoms with van der Waals surface area (Å²) in [5.74, 6) is 1.10. The summed E-state index contributed by atoms with van der Waals surface area (Å²) in [7, 11) is 1.63. The largest absolute Gasteiger partial charge is 0.493 e. The zero-order chi connectivity index (χ0) is 19.6. The van der Waals surface area contributed by atoms with Crippen LogP contribution in [0.25, 0.3) is 0 Å². The normalized spacial score (nSPS) is 22.0. The van der Waals surface area contributed by atoms with Gasteiger partial charge in [0, 0.05) is 37.5 Å². The van der Waals surface area contributed by atoms with E-state index in [1.807, 2.05) is 29.0 Å². The van der Waals surface area contributed by atoms with Gasteiger partial charge in [0.2, 0.25) is 11.8 Å². The molecule has 28 heavy (non-hydrogen) atoms. The molecule has 1 spiro atoms. The highest BCUT2D eigenvalue weighted by Crippen LogP contribution is 2.39. The third-order valence-electron chi connectivity index (χ3n) is 5.50. The predicted octanol–water partition coefficient (Wildman–Crippen LogP) is 1.21. The first-order chi connectivity index (χ1) is 13.6. The van der Waals surface area contributed by atoms with E-state index >= 15 is 0 Å². The number of imide groups is 1. The zero-order valence-electron chi connectivity index (χ0n) is 15.9. The number of aromatic nitrogens is 2. The van der Waals surface area contributed by atoms with Crippen LogP contribution in [0.4, 0.5) is 0 Å². The van der Waals surface area contributed by atoms with Gasteiger partial charge in [-0.05, 0) is 19.0 Å². The van der Waals surface area contributed by atoms with E-state index in [1.165, 1.54) is 0 Å². The van der Waals surface area contributed by atoms with Crippen molar-refractivity contribution in [2.75, 3.05) is 26.8 Å². The fourth-order valence-corrected chi connectivity index (χ4v) is 4.04. The van der Waals surface area contributed by atoms with Crippen LogP contribution in [0, 0.1) is 5.41 Å². The summed E-state index contributed by atoms with van der Waals surface area (Å²) < 4.78 is 13.5. The van der Waals surface area contributed by atoms with Gasteiger partial charge in [0.15, 0.2) is 11.5 Å². The average molecular weight is 384 g/mol. The highest BCUT2D eigenvalue weighted by molar-refractivity contribution is 6.06. The molecule has 1 unspecified atom stereocenters. The Kier molecular flexibility index (Phi) is 5.04. The van der Waals surface area contributed by atoms with Crippen LogP contribution in [-0.4, -0.2) is 53.1 Å². The van der Waals surface area contributed by atoms with Gasteiger partial charge < -0.3 is 14.0 Å². The first-order valence-electron chi connectivity index (χ1n) is 9.41. The molecule has 3 heterocycles. The molecular formula is C20H24N4O4. The minimum absolute atomic E-state index is 0.137. The lowest BCUT2D eigenvalue weighted by atomic mass is 9.85. The molecule has 148 valence electrons. The maximum Gasteiger partial charge on any atom is 0.234 e. The fourth-order valence-electron chi connectivity index (χ4n) is 4.04. The van der Waals surface area contributed by atoms with Crippen molar-refractivity contribution >= 4 is 11.8 Å². The second kappa shape index (κ2) is 7.63. The Balaban J connectivity index is 1.45. The number of para-hydroxylation sites is 1. The molecule has 2 amide bonds. The van der Waals surface area contributed by atoms with E-state index in [1.54, 1.807) is 19.6 Å². The molecule has 2 aromatic rings. The summed E-state index contributed by atoms with van der Waals surface area (Å²) >= 11 is 0. The highest BCUT2D eigenvalue weighted by Gasteiger charge is 2.50. The van der Waals surface area contributed by atoms with E-state index in [4.69, 9.17) is 9.47 Å². The van der Waals surface area contributed by atoms with Gasteiger partial charge >= 0.3 is 0 Å². The number of amides is 2. The van der Waals surface area contributed by atoms with Crippen molar-refractivity contribution < 1.29 is 19.1 Å². The standard InChI is InChI=1S/C20H24N4O4/c1-27-16-4-2-3-15(18(16)28-10-9-23-8-6-21-14-23)12-24-7-5-20(13-24)11-17(25)22-19(20)26/h2-4,6,8,14H,5,7,9-13H2,1H3,(H,22,25,26). The second-order valence-corrected chi connectivity index (χ2v) is 7.39. The number of nitrogens with zero attached hydrogens (tertiary/aromatic N) is 3. The molecule has 2 aliphatic heterocycles. The molecule has 8 heteroatoms. The summed E-state index contributed by atoms with van der Waals surface area (Å²) in [6.07, 6.45) is 6.37. The van der Waals surface area contributed by atoms with Crippen LogP contribution >= 0.6 is 0 Å². The number of methoxy groups -OCH3 is 1. The van der Waals surface area contributed by atoms with Crippen molar-refractivity contribution in [1.82, 2.24) is 19.8 Å². The summed E-state index contributed by atoms with van der Waals surface area (Å²) in [4.78, 5) is 30.1. The molecule has 0 aliphatic carbocycles. The maximum absolute atomic E-state index is 12.2. The van der Waals surface area contributed by atoms with E-state index in [-0.39, 0.29) is 18.2 Å². The Morgan fingerprint density at radius 3 is 2.93 bits per heavy atom. The second-order valence-electron chi connectivity index (χ2n) is 7.39. The summed E-state index contributed by atoms with van der Waals surface area (Å²) in [5.41, 5.74) is 0.435. The Labute approximate surface area is 163 Å². The minimum Gasteiger partial charge on any atom is -0.493 e. The summed E-state index contributed by atoms with van der Waals surface area (Å²) in [6, 6.07) is 5.83. The molecule has 2 saturated heterocycles. The average Bonchev–Trinajstić information content (AvgIpc) is 3.39. The molecule has 0 bridgehead atoms. The van der Waals surface area contributed by atoms with Crippen LogP contribution in [0.1, 0.15) is 18.4 Å². The van der Waals surface area contributed by atoms with Gasteiger partial charge in [0.05, 0.1) is 25.4 Å². The topological polar surface area (TPSA) is 85.7 Å². The molecular weight excluding hydrogens is 360 g/mol. The lowest BCUT2D eigenvalue weighted by Gasteiger charge is -2.22. The van der Waals surface area contributed by atoms with Crippen LogP contribution in [0.5, 0.6) is 11.5 Å². The van der Waals surface area contributed by atoms with E-state index in [9.17, 15) is 9.59 Å². The van der Waals surface area contributed by atoms with Gasteiger partial charge in [-0.2, -0.15) is 0 Å². The fraction of sp³-hybridized carbons (Fsp3) is 0.450. The number of ether oxygens (including phenoxy) is 2. The Morgan fingerprint density at radius 2 is 2.21 bits per heavy atom. The van der Waals surface area contributed by atoms with E-state index in [0.717, 1.165) is 17.9 Å². The van der Waals surface area contributed by atoms with Crippen molar-refractivity contribution in [2.24, 2.45) is 5.41 Å². The first kappa shape index (κ1) is 18.5. The molecule has 4 rings (SSSR count). The lowest BCUT2D eigenvalue weighted by Crippen LogP contribution is -2.34. The molecule has 1 atom stereocenters. The number of imidazole rings is 1. The van der Waals surface area contributed by atoms with Crippen LogP contribution < -0.4 is 14.8 Å². The third-order valence-corrected chi connectivity index (χ3v) is 5.50. The van der Waals surface area contributed by atoms with Crippen LogP contribution in [-0.2, 0) is 22.7 Å². The number of nitrogens with one attached hydrogen (secondary N) is 1. The van der Waals surface area contributed by atoms with Gasteiger partial charge in [-0.3, -0.25) is 19.8 Å². The molecule has 1 aromatic carbocycles. The van der Waals surface area contributed by atoms with Gasteiger partial charge in [0.25, 0.3) is 0 Å². The molecule has 1 aromatic heterocycles. The van der Waals surface area contributed by atoms with Gasteiger partial charge in [0.1, 0.15) is 6.61 Å². The Hall–Kier alpha value is -2.87. The quantitative estimate of drug-likeness (QED) is 0.723. The summed E-state index contributed by atoms with van der Waals surface area (Å²) in [6.45, 7) is 3.17. The third kappa shape index (κ3) is 3.60. The molecule has 2 fully saturated rings. The molecule has 8 nitrogen and oxygen atoms in total. The molecule has 0 radical (unpaired) electrons. The van der Waals surface area contributed by atoms with Gasteiger partial charge in [-0.1, -0.05) is 12.1 Å². The van der Waals surface area contributed by atoms with Crippen molar-refractivity contribution in [3.8, 4) is 11.5 Å². The number of rotatable bonds is 7. The maximum atomic E-state index is 12.2. The zero-order valence-corrected chi connectivity index (χ0v) is 15.9.